The average Bonchev–Trinajstić information content (AvgIpc) is 2.48. The van der Waals surface area contributed by atoms with Crippen LogP contribution in [-0.2, 0) is 0 Å². The summed E-state index contributed by atoms with van der Waals surface area (Å²) in [5, 5.41) is 7.09. The topological polar surface area (TPSA) is 37.0 Å². The summed E-state index contributed by atoms with van der Waals surface area (Å²) in [6.07, 6.45) is 2.72. The molecule has 1 aromatic carbocycles. The average molecular weight is 285 g/mol. The monoisotopic (exact) mass is 285 g/mol. The number of pyridine rings is 1. The molecule has 0 unspecified atom stereocenters. The van der Waals surface area contributed by atoms with Gasteiger partial charge in [-0.05, 0) is 42.8 Å². The summed E-state index contributed by atoms with van der Waals surface area (Å²) < 4.78 is 0. The molecule has 2 rings (SSSR count). The van der Waals surface area contributed by atoms with E-state index in [0.29, 0.717) is 5.11 Å². The minimum atomic E-state index is 0.209. The molecule has 0 amide bonds. The minimum absolute atomic E-state index is 0.209. The Morgan fingerprint density at radius 1 is 1.20 bits per heavy atom. The van der Waals surface area contributed by atoms with Crippen LogP contribution in [0.3, 0.4) is 0 Å². The van der Waals surface area contributed by atoms with E-state index in [4.69, 9.17) is 12.2 Å². The Morgan fingerprint density at radius 2 is 1.95 bits per heavy atom. The number of nitrogens with one attached hydrogen (secondary N) is 2. The van der Waals surface area contributed by atoms with E-state index in [9.17, 15) is 0 Å². The normalized spacial score (nSPS) is 11.7. The third kappa shape index (κ3) is 3.78. The van der Waals surface area contributed by atoms with Gasteiger partial charge in [-0.1, -0.05) is 43.3 Å². The first-order chi connectivity index (χ1) is 9.70. The van der Waals surface area contributed by atoms with Crippen molar-refractivity contribution < 1.29 is 0 Å². The second-order valence-electron chi connectivity index (χ2n) is 4.64. The first-order valence-corrected chi connectivity index (χ1v) is 7.15. The SMILES string of the molecule is CC[C@@H](NC(=S)Nc1ncccc1C)c1ccccc1. The molecule has 0 aliphatic rings. The van der Waals surface area contributed by atoms with Gasteiger partial charge in [0.15, 0.2) is 5.11 Å². The maximum absolute atomic E-state index is 5.38. The van der Waals surface area contributed by atoms with Crippen molar-refractivity contribution in [2.24, 2.45) is 0 Å². The number of nitrogens with zero attached hydrogens (tertiary/aromatic N) is 1. The predicted molar refractivity (Wildman–Crippen MR) is 87.8 cm³/mol. The lowest BCUT2D eigenvalue weighted by atomic mass is 10.1. The van der Waals surface area contributed by atoms with Gasteiger partial charge < -0.3 is 10.6 Å². The quantitative estimate of drug-likeness (QED) is 0.837. The Hall–Kier alpha value is -1.94. The number of aromatic nitrogens is 1. The van der Waals surface area contributed by atoms with Crippen molar-refractivity contribution in [3.05, 3.63) is 59.8 Å². The highest BCUT2D eigenvalue weighted by Crippen LogP contribution is 2.16. The molecular formula is C16H19N3S. The van der Waals surface area contributed by atoms with E-state index >= 15 is 0 Å². The number of hydrogen-bond donors (Lipinski definition) is 2. The third-order valence-electron chi connectivity index (χ3n) is 3.16. The van der Waals surface area contributed by atoms with Crippen LogP contribution in [-0.4, -0.2) is 10.1 Å². The van der Waals surface area contributed by atoms with Crippen molar-refractivity contribution in [1.82, 2.24) is 10.3 Å². The summed E-state index contributed by atoms with van der Waals surface area (Å²) in [4.78, 5) is 4.29. The van der Waals surface area contributed by atoms with Crippen molar-refractivity contribution in [1.29, 1.82) is 0 Å². The zero-order valence-electron chi connectivity index (χ0n) is 11.8. The van der Waals surface area contributed by atoms with Crippen molar-refractivity contribution in [3.8, 4) is 0 Å². The van der Waals surface area contributed by atoms with Crippen LogP contribution in [0.1, 0.15) is 30.5 Å². The molecule has 0 fully saturated rings. The van der Waals surface area contributed by atoms with Crippen LogP contribution in [0.4, 0.5) is 5.82 Å². The molecule has 0 spiro atoms. The molecule has 0 aliphatic carbocycles. The van der Waals surface area contributed by atoms with Gasteiger partial charge in [-0.3, -0.25) is 0 Å². The van der Waals surface area contributed by atoms with E-state index in [0.717, 1.165) is 17.8 Å². The zero-order valence-corrected chi connectivity index (χ0v) is 12.6. The maximum atomic E-state index is 5.38. The van der Waals surface area contributed by atoms with Crippen molar-refractivity contribution in [3.63, 3.8) is 0 Å². The van der Waals surface area contributed by atoms with Gasteiger partial charge in [0.1, 0.15) is 5.82 Å². The summed E-state index contributed by atoms with van der Waals surface area (Å²) in [5.41, 5.74) is 2.31. The molecule has 0 radical (unpaired) electrons. The van der Waals surface area contributed by atoms with Gasteiger partial charge in [0.05, 0.1) is 6.04 Å². The maximum Gasteiger partial charge on any atom is 0.172 e. The molecule has 1 aromatic heterocycles. The molecule has 3 nitrogen and oxygen atoms in total. The molecule has 1 atom stereocenters. The van der Waals surface area contributed by atoms with Gasteiger partial charge in [0, 0.05) is 6.20 Å². The zero-order chi connectivity index (χ0) is 14.4. The number of benzene rings is 1. The number of hydrogen-bond acceptors (Lipinski definition) is 2. The molecule has 1 heterocycles. The van der Waals surface area contributed by atoms with E-state index < -0.39 is 0 Å². The first kappa shape index (κ1) is 14.5. The standard InChI is InChI=1S/C16H19N3S/c1-3-14(13-9-5-4-6-10-13)18-16(20)19-15-12(2)8-7-11-17-15/h4-11,14H,3H2,1-2H3,(H2,17,18,19,20)/t14-/m1/s1. The lowest BCUT2D eigenvalue weighted by molar-refractivity contribution is 0.629. The Kier molecular flexibility index (Phi) is 5.07. The highest BCUT2D eigenvalue weighted by molar-refractivity contribution is 7.80. The molecule has 2 aromatic rings. The van der Waals surface area contributed by atoms with Crippen molar-refractivity contribution in [2.75, 3.05) is 5.32 Å². The molecule has 0 aliphatic heterocycles. The molecule has 0 saturated heterocycles. The highest BCUT2D eigenvalue weighted by Gasteiger charge is 2.10. The fraction of sp³-hybridized carbons (Fsp3) is 0.250. The second-order valence-corrected chi connectivity index (χ2v) is 5.05. The number of aryl methyl sites for hydroxylation is 1. The summed E-state index contributed by atoms with van der Waals surface area (Å²) in [5.74, 6) is 0.799. The molecule has 4 heteroatoms. The first-order valence-electron chi connectivity index (χ1n) is 6.74. The Morgan fingerprint density at radius 3 is 2.60 bits per heavy atom. The Labute approximate surface area is 125 Å². The summed E-state index contributed by atoms with van der Waals surface area (Å²) in [6.45, 7) is 4.14. The van der Waals surface area contributed by atoms with Crippen LogP contribution in [0.5, 0.6) is 0 Å². The van der Waals surface area contributed by atoms with Crippen LogP contribution in [0.25, 0.3) is 0 Å². The van der Waals surface area contributed by atoms with Gasteiger partial charge in [-0.15, -0.1) is 0 Å². The lowest BCUT2D eigenvalue weighted by Gasteiger charge is -2.20. The van der Waals surface area contributed by atoms with Crippen LogP contribution >= 0.6 is 12.2 Å². The van der Waals surface area contributed by atoms with Gasteiger partial charge in [-0.2, -0.15) is 0 Å². The number of rotatable bonds is 4. The van der Waals surface area contributed by atoms with Crippen molar-refractivity contribution in [2.45, 2.75) is 26.3 Å². The molecule has 0 saturated carbocycles. The summed E-state index contributed by atoms with van der Waals surface area (Å²) >= 11 is 5.38. The lowest BCUT2D eigenvalue weighted by Crippen LogP contribution is -2.32. The van der Waals surface area contributed by atoms with Gasteiger partial charge in [0.25, 0.3) is 0 Å². The Bertz CT molecular complexity index is 569. The minimum Gasteiger partial charge on any atom is -0.356 e. The van der Waals surface area contributed by atoms with E-state index in [-0.39, 0.29) is 6.04 Å². The van der Waals surface area contributed by atoms with Crippen LogP contribution in [0.2, 0.25) is 0 Å². The molecule has 104 valence electrons. The summed E-state index contributed by atoms with van der Waals surface area (Å²) in [6, 6.07) is 14.4. The number of anilines is 1. The number of thiocarbonyl (C=S) groups is 1. The smallest absolute Gasteiger partial charge is 0.172 e. The van der Waals surface area contributed by atoms with E-state index in [1.807, 2.05) is 37.3 Å². The largest absolute Gasteiger partial charge is 0.356 e. The van der Waals surface area contributed by atoms with Crippen LogP contribution in [0.15, 0.2) is 48.7 Å². The predicted octanol–water partition coefficient (Wildman–Crippen LogP) is 3.83. The second kappa shape index (κ2) is 7.01. The van der Waals surface area contributed by atoms with E-state index in [1.54, 1.807) is 6.20 Å². The molecule has 20 heavy (non-hydrogen) atoms. The molecule has 2 N–H and O–H groups in total. The summed E-state index contributed by atoms with van der Waals surface area (Å²) in [7, 11) is 0. The van der Waals surface area contributed by atoms with Gasteiger partial charge >= 0.3 is 0 Å². The van der Waals surface area contributed by atoms with Gasteiger partial charge in [0.2, 0.25) is 0 Å². The van der Waals surface area contributed by atoms with Crippen LogP contribution in [0, 0.1) is 6.92 Å². The van der Waals surface area contributed by atoms with Crippen LogP contribution < -0.4 is 10.6 Å². The van der Waals surface area contributed by atoms with Crippen molar-refractivity contribution >= 4 is 23.1 Å². The Balaban J connectivity index is 2.02. The van der Waals surface area contributed by atoms with E-state index in [1.165, 1.54) is 5.56 Å². The molecular weight excluding hydrogens is 266 g/mol. The third-order valence-corrected chi connectivity index (χ3v) is 3.38. The fourth-order valence-electron chi connectivity index (χ4n) is 2.02. The van der Waals surface area contributed by atoms with Gasteiger partial charge in [-0.25, -0.2) is 4.98 Å². The molecule has 0 bridgehead atoms. The fourth-order valence-corrected chi connectivity index (χ4v) is 2.26. The highest BCUT2D eigenvalue weighted by atomic mass is 32.1. The van der Waals surface area contributed by atoms with E-state index in [2.05, 4.69) is 34.7 Å².